The van der Waals surface area contributed by atoms with Crippen molar-refractivity contribution in [1.82, 2.24) is 10.4 Å². The van der Waals surface area contributed by atoms with E-state index in [2.05, 4.69) is 12.3 Å². The van der Waals surface area contributed by atoms with Gasteiger partial charge in [-0.05, 0) is 12.5 Å². The molecule has 2 heteroatoms. The van der Waals surface area contributed by atoms with Crippen LogP contribution >= 0.6 is 0 Å². The van der Waals surface area contributed by atoms with Crippen LogP contribution in [0.1, 0.15) is 6.92 Å². The molecular formula is C5H9N2. The fourth-order valence-corrected chi connectivity index (χ4v) is 0.624. The van der Waals surface area contributed by atoms with Gasteiger partial charge in [-0.2, -0.15) is 0 Å². The fraction of sp³-hybridized carbons (Fsp3) is 0.600. The van der Waals surface area contributed by atoms with Crippen LogP contribution in [0.15, 0.2) is 11.8 Å². The van der Waals surface area contributed by atoms with E-state index in [1.807, 2.05) is 18.3 Å². The molecule has 0 N–H and O–H groups in total. The average molecular weight is 97.1 g/mol. The van der Waals surface area contributed by atoms with Gasteiger partial charge in [0.05, 0.1) is 6.54 Å². The Morgan fingerprint density at radius 1 is 1.86 bits per heavy atom. The smallest absolute Gasteiger partial charge is 0.0585 e. The molecule has 1 heterocycles. The van der Waals surface area contributed by atoms with E-state index in [1.54, 1.807) is 0 Å². The Morgan fingerprint density at radius 2 is 2.57 bits per heavy atom. The van der Waals surface area contributed by atoms with Crippen molar-refractivity contribution in [2.75, 3.05) is 13.6 Å². The molecule has 1 aliphatic rings. The Hall–Kier alpha value is -0.500. The van der Waals surface area contributed by atoms with Crippen LogP contribution < -0.4 is 5.43 Å². The zero-order chi connectivity index (χ0) is 5.28. The van der Waals surface area contributed by atoms with Crippen molar-refractivity contribution in [2.24, 2.45) is 0 Å². The minimum atomic E-state index is 0.885. The van der Waals surface area contributed by atoms with Crippen molar-refractivity contribution >= 4 is 0 Å². The van der Waals surface area contributed by atoms with E-state index < -0.39 is 0 Å². The SMILES string of the molecule is CC1=CN(C)[N]C1. The van der Waals surface area contributed by atoms with Gasteiger partial charge < -0.3 is 5.01 Å². The van der Waals surface area contributed by atoms with E-state index in [-0.39, 0.29) is 0 Å². The fourth-order valence-electron chi connectivity index (χ4n) is 0.624. The quantitative estimate of drug-likeness (QED) is 0.426. The lowest BCUT2D eigenvalue weighted by molar-refractivity contribution is 0.362. The van der Waals surface area contributed by atoms with Crippen LogP contribution in [-0.4, -0.2) is 18.6 Å². The van der Waals surface area contributed by atoms with Gasteiger partial charge in [0.2, 0.25) is 0 Å². The lowest BCUT2D eigenvalue weighted by Crippen LogP contribution is -2.15. The van der Waals surface area contributed by atoms with E-state index in [1.165, 1.54) is 5.57 Å². The lowest BCUT2D eigenvalue weighted by Gasteiger charge is -2.01. The van der Waals surface area contributed by atoms with E-state index >= 15 is 0 Å². The normalized spacial score (nSPS) is 20.3. The summed E-state index contributed by atoms with van der Waals surface area (Å²) >= 11 is 0. The third kappa shape index (κ3) is 0.933. The molecule has 2 nitrogen and oxygen atoms in total. The molecule has 39 valence electrons. The summed E-state index contributed by atoms with van der Waals surface area (Å²) in [5.41, 5.74) is 5.39. The summed E-state index contributed by atoms with van der Waals surface area (Å²) in [7, 11) is 1.94. The van der Waals surface area contributed by atoms with Gasteiger partial charge in [0.1, 0.15) is 0 Å². The monoisotopic (exact) mass is 97.1 g/mol. The Balaban J connectivity index is 2.50. The molecule has 0 unspecified atom stereocenters. The Bertz CT molecular complexity index is 96.3. The molecule has 0 spiro atoms. The number of hydrogen-bond acceptors (Lipinski definition) is 1. The van der Waals surface area contributed by atoms with Gasteiger partial charge in [0.15, 0.2) is 0 Å². The van der Waals surface area contributed by atoms with Crippen LogP contribution in [0.25, 0.3) is 0 Å². The molecule has 0 atom stereocenters. The zero-order valence-corrected chi connectivity index (χ0v) is 4.68. The van der Waals surface area contributed by atoms with Crippen molar-refractivity contribution < 1.29 is 0 Å². The molecule has 1 rings (SSSR count). The minimum Gasteiger partial charge on any atom is -0.301 e. The predicted molar refractivity (Wildman–Crippen MR) is 28.5 cm³/mol. The maximum Gasteiger partial charge on any atom is 0.0585 e. The third-order valence-corrected chi connectivity index (χ3v) is 0.950. The molecule has 0 aromatic carbocycles. The van der Waals surface area contributed by atoms with Crippen molar-refractivity contribution in [3.63, 3.8) is 0 Å². The summed E-state index contributed by atoms with van der Waals surface area (Å²) in [5.74, 6) is 0. The first kappa shape index (κ1) is 4.65. The highest BCUT2D eigenvalue weighted by Crippen LogP contribution is 1.99. The number of nitrogens with zero attached hydrogens (tertiary/aromatic N) is 2. The van der Waals surface area contributed by atoms with Crippen molar-refractivity contribution in [3.8, 4) is 0 Å². The molecule has 0 bridgehead atoms. The van der Waals surface area contributed by atoms with Crippen LogP contribution in [-0.2, 0) is 0 Å². The molecular weight excluding hydrogens is 88.1 g/mol. The van der Waals surface area contributed by atoms with Crippen molar-refractivity contribution in [2.45, 2.75) is 6.92 Å². The molecule has 7 heavy (non-hydrogen) atoms. The first-order chi connectivity index (χ1) is 3.29. The maximum absolute atomic E-state index is 4.06. The Morgan fingerprint density at radius 3 is 2.71 bits per heavy atom. The van der Waals surface area contributed by atoms with Gasteiger partial charge in [0, 0.05) is 13.2 Å². The molecule has 0 aromatic rings. The van der Waals surface area contributed by atoms with E-state index in [0.29, 0.717) is 0 Å². The second-order valence-electron chi connectivity index (χ2n) is 1.85. The first-order valence-corrected chi connectivity index (χ1v) is 2.36. The van der Waals surface area contributed by atoms with Crippen LogP contribution in [0.5, 0.6) is 0 Å². The highest BCUT2D eigenvalue weighted by molar-refractivity contribution is 5.02. The summed E-state index contributed by atoms with van der Waals surface area (Å²) in [4.78, 5) is 0. The lowest BCUT2D eigenvalue weighted by atomic mass is 10.4. The van der Waals surface area contributed by atoms with E-state index in [0.717, 1.165) is 6.54 Å². The van der Waals surface area contributed by atoms with E-state index in [9.17, 15) is 0 Å². The van der Waals surface area contributed by atoms with E-state index in [4.69, 9.17) is 0 Å². The average Bonchev–Trinajstić information content (AvgIpc) is 1.87. The summed E-state index contributed by atoms with van der Waals surface area (Å²) in [5, 5.41) is 1.84. The molecule has 0 saturated carbocycles. The Kier molecular flexibility index (Phi) is 1.02. The number of rotatable bonds is 0. The maximum atomic E-state index is 4.06. The second-order valence-corrected chi connectivity index (χ2v) is 1.85. The molecule has 1 radical (unpaired) electrons. The largest absolute Gasteiger partial charge is 0.301 e. The van der Waals surface area contributed by atoms with Crippen LogP contribution in [0.4, 0.5) is 0 Å². The van der Waals surface area contributed by atoms with Gasteiger partial charge >= 0.3 is 0 Å². The third-order valence-electron chi connectivity index (χ3n) is 0.950. The number of hydrogen-bond donors (Lipinski definition) is 0. The van der Waals surface area contributed by atoms with Crippen LogP contribution in [0.2, 0.25) is 0 Å². The molecule has 1 aliphatic heterocycles. The highest BCUT2D eigenvalue weighted by Gasteiger charge is 2.02. The summed E-state index contributed by atoms with van der Waals surface area (Å²) in [6.07, 6.45) is 2.03. The molecule has 0 aromatic heterocycles. The van der Waals surface area contributed by atoms with Gasteiger partial charge in [-0.3, -0.25) is 0 Å². The second kappa shape index (κ2) is 1.54. The van der Waals surface area contributed by atoms with Gasteiger partial charge in [-0.1, -0.05) is 0 Å². The molecule has 0 fully saturated rings. The highest BCUT2D eigenvalue weighted by atomic mass is 15.5. The summed E-state index contributed by atoms with van der Waals surface area (Å²) in [6, 6.07) is 0. The van der Waals surface area contributed by atoms with Gasteiger partial charge in [-0.25, -0.2) is 0 Å². The van der Waals surface area contributed by atoms with Gasteiger partial charge in [0.25, 0.3) is 0 Å². The summed E-state index contributed by atoms with van der Waals surface area (Å²) in [6.45, 7) is 2.96. The molecule has 0 amide bonds. The Labute approximate surface area is 43.8 Å². The molecule has 0 aliphatic carbocycles. The van der Waals surface area contributed by atoms with Crippen molar-refractivity contribution in [3.05, 3.63) is 11.8 Å². The van der Waals surface area contributed by atoms with Crippen molar-refractivity contribution in [1.29, 1.82) is 0 Å². The van der Waals surface area contributed by atoms with Gasteiger partial charge in [-0.15, -0.1) is 5.43 Å². The minimum absolute atomic E-state index is 0.885. The van der Waals surface area contributed by atoms with Crippen LogP contribution in [0.3, 0.4) is 0 Å². The molecule has 0 saturated heterocycles. The predicted octanol–water partition coefficient (Wildman–Crippen LogP) is 0.355. The topological polar surface area (TPSA) is 17.3 Å². The zero-order valence-electron chi connectivity index (χ0n) is 4.68. The standard InChI is InChI=1S/C5H9N2/c1-5-3-6-7(2)4-5/h4H,3H2,1-2H3. The van der Waals surface area contributed by atoms with Crippen LogP contribution in [0, 0.1) is 0 Å². The first-order valence-electron chi connectivity index (χ1n) is 2.36. The summed E-state index contributed by atoms with van der Waals surface area (Å²) < 4.78 is 0.